The van der Waals surface area contributed by atoms with Crippen molar-refractivity contribution in [3.63, 3.8) is 0 Å². The highest BCUT2D eigenvalue weighted by atomic mass is 35.5. The Bertz CT molecular complexity index is 329. The van der Waals surface area contributed by atoms with Crippen molar-refractivity contribution in [1.29, 1.82) is 0 Å². The number of aliphatic hydroxyl groups excluding tert-OH is 1. The highest BCUT2D eigenvalue weighted by Crippen LogP contribution is 2.48. The van der Waals surface area contributed by atoms with Crippen LogP contribution in [0.3, 0.4) is 0 Å². The molecule has 0 aliphatic heterocycles. The van der Waals surface area contributed by atoms with E-state index in [-0.39, 0.29) is 12.0 Å². The van der Waals surface area contributed by atoms with Gasteiger partial charge in [0, 0.05) is 10.4 Å². The number of aliphatic hydroxyl groups is 1. The van der Waals surface area contributed by atoms with Crippen LogP contribution in [0.2, 0.25) is 5.02 Å². The number of hydrogen-bond donors (Lipinski definition) is 1. The Morgan fingerprint density at radius 2 is 2.15 bits per heavy atom. The van der Waals surface area contributed by atoms with Crippen LogP contribution < -0.4 is 0 Å². The van der Waals surface area contributed by atoms with Gasteiger partial charge in [-0.05, 0) is 37.0 Å². The minimum atomic E-state index is 0.0390. The SMILES string of the molecule is Cc1ccc(C2(CO)CC2)cc1Cl. The molecule has 0 heterocycles. The molecule has 13 heavy (non-hydrogen) atoms. The molecule has 1 aromatic rings. The zero-order chi connectivity index (χ0) is 9.47. The van der Waals surface area contributed by atoms with Crippen molar-refractivity contribution in [3.05, 3.63) is 34.3 Å². The highest BCUT2D eigenvalue weighted by molar-refractivity contribution is 6.31. The van der Waals surface area contributed by atoms with Crippen molar-refractivity contribution >= 4 is 11.6 Å². The van der Waals surface area contributed by atoms with E-state index in [2.05, 4.69) is 6.07 Å². The van der Waals surface area contributed by atoms with E-state index in [1.54, 1.807) is 0 Å². The molecular weight excluding hydrogens is 184 g/mol. The van der Waals surface area contributed by atoms with Crippen LogP contribution in [0, 0.1) is 6.92 Å². The minimum absolute atomic E-state index is 0.0390. The topological polar surface area (TPSA) is 20.2 Å². The smallest absolute Gasteiger partial charge is 0.0527 e. The molecule has 1 aliphatic rings. The molecule has 0 unspecified atom stereocenters. The maximum atomic E-state index is 9.23. The van der Waals surface area contributed by atoms with E-state index in [9.17, 15) is 5.11 Å². The molecule has 1 fully saturated rings. The number of benzene rings is 1. The highest BCUT2D eigenvalue weighted by Gasteiger charge is 2.43. The van der Waals surface area contributed by atoms with E-state index >= 15 is 0 Å². The van der Waals surface area contributed by atoms with Gasteiger partial charge in [-0.1, -0.05) is 23.7 Å². The van der Waals surface area contributed by atoms with Crippen molar-refractivity contribution in [3.8, 4) is 0 Å². The van der Waals surface area contributed by atoms with Crippen LogP contribution in [0.4, 0.5) is 0 Å². The summed E-state index contributed by atoms with van der Waals surface area (Å²) in [6.07, 6.45) is 2.17. The van der Waals surface area contributed by atoms with Gasteiger partial charge in [0.1, 0.15) is 0 Å². The molecule has 1 N–H and O–H groups in total. The van der Waals surface area contributed by atoms with Gasteiger partial charge in [-0.2, -0.15) is 0 Å². The summed E-state index contributed by atoms with van der Waals surface area (Å²) in [5, 5.41) is 10.0. The summed E-state index contributed by atoms with van der Waals surface area (Å²) in [4.78, 5) is 0. The molecular formula is C11H13ClO. The van der Waals surface area contributed by atoms with Crippen molar-refractivity contribution < 1.29 is 5.11 Å². The van der Waals surface area contributed by atoms with Crippen molar-refractivity contribution in [2.45, 2.75) is 25.2 Å². The average molecular weight is 197 g/mol. The standard InChI is InChI=1S/C11H13ClO/c1-8-2-3-9(6-10(8)12)11(7-13)4-5-11/h2-3,6,13H,4-5,7H2,1H3. The lowest BCUT2D eigenvalue weighted by Crippen LogP contribution is -2.11. The van der Waals surface area contributed by atoms with E-state index in [1.807, 2.05) is 19.1 Å². The summed E-state index contributed by atoms with van der Waals surface area (Å²) < 4.78 is 0. The van der Waals surface area contributed by atoms with Gasteiger partial charge in [-0.3, -0.25) is 0 Å². The second-order valence-corrected chi connectivity index (χ2v) is 4.31. The summed E-state index contributed by atoms with van der Waals surface area (Å²) in [5.41, 5.74) is 2.32. The van der Waals surface area contributed by atoms with Gasteiger partial charge in [0.2, 0.25) is 0 Å². The molecule has 0 radical (unpaired) electrons. The third-order valence-electron chi connectivity index (χ3n) is 2.94. The number of halogens is 1. The van der Waals surface area contributed by atoms with Gasteiger partial charge >= 0.3 is 0 Å². The van der Waals surface area contributed by atoms with Crippen LogP contribution in [0.25, 0.3) is 0 Å². The molecule has 1 nitrogen and oxygen atoms in total. The Hall–Kier alpha value is -0.530. The van der Waals surface area contributed by atoms with Gasteiger partial charge in [0.25, 0.3) is 0 Å². The predicted octanol–water partition coefficient (Wildman–Crippen LogP) is 2.67. The molecule has 1 saturated carbocycles. The molecule has 1 aliphatic carbocycles. The van der Waals surface area contributed by atoms with E-state index in [0.29, 0.717) is 0 Å². The van der Waals surface area contributed by atoms with Gasteiger partial charge < -0.3 is 5.11 Å². The zero-order valence-electron chi connectivity index (χ0n) is 7.68. The van der Waals surface area contributed by atoms with Gasteiger partial charge in [0.05, 0.1) is 6.61 Å². The lowest BCUT2D eigenvalue weighted by atomic mass is 9.96. The lowest BCUT2D eigenvalue weighted by Gasteiger charge is -2.12. The third kappa shape index (κ3) is 1.47. The van der Waals surface area contributed by atoms with Crippen LogP contribution in [-0.4, -0.2) is 11.7 Å². The molecule has 70 valence electrons. The molecule has 0 spiro atoms. The third-order valence-corrected chi connectivity index (χ3v) is 3.35. The molecule has 2 heteroatoms. The second-order valence-electron chi connectivity index (χ2n) is 3.90. The number of aryl methyl sites for hydroxylation is 1. The first-order valence-corrected chi connectivity index (χ1v) is 4.93. The second kappa shape index (κ2) is 3.00. The van der Waals surface area contributed by atoms with Gasteiger partial charge in [-0.15, -0.1) is 0 Å². The maximum absolute atomic E-state index is 9.23. The number of rotatable bonds is 2. The molecule has 1 aromatic carbocycles. The molecule has 0 bridgehead atoms. The number of hydrogen-bond acceptors (Lipinski definition) is 1. The largest absolute Gasteiger partial charge is 0.395 e. The van der Waals surface area contributed by atoms with Gasteiger partial charge in [-0.25, -0.2) is 0 Å². The molecule has 0 amide bonds. The Labute approximate surface area is 83.3 Å². The molecule has 0 saturated heterocycles. The zero-order valence-corrected chi connectivity index (χ0v) is 8.43. The first-order valence-electron chi connectivity index (χ1n) is 4.55. The Morgan fingerprint density at radius 3 is 2.62 bits per heavy atom. The Balaban J connectivity index is 2.37. The van der Waals surface area contributed by atoms with Crippen LogP contribution in [0.5, 0.6) is 0 Å². The summed E-state index contributed by atoms with van der Waals surface area (Å²) in [7, 11) is 0. The predicted molar refractivity (Wildman–Crippen MR) is 54.2 cm³/mol. The van der Waals surface area contributed by atoms with Crippen molar-refractivity contribution in [2.24, 2.45) is 0 Å². The first kappa shape index (κ1) is 9.04. The van der Waals surface area contributed by atoms with Crippen LogP contribution in [0.1, 0.15) is 24.0 Å². The molecule has 0 aromatic heterocycles. The first-order chi connectivity index (χ1) is 6.18. The maximum Gasteiger partial charge on any atom is 0.0527 e. The monoisotopic (exact) mass is 196 g/mol. The van der Waals surface area contributed by atoms with Crippen molar-refractivity contribution in [1.82, 2.24) is 0 Å². The van der Waals surface area contributed by atoms with Gasteiger partial charge in [0.15, 0.2) is 0 Å². The van der Waals surface area contributed by atoms with Crippen LogP contribution >= 0.6 is 11.6 Å². The fraction of sp³-hybridized carbons (Fsp3) is 0.455. The van der Waals surface area contributed by atoms with E-state index in [4.69, 9.17) is 11.6 Å². The van der Waals surface area contributed by atoms with E-state index in [0.717, 1.165) is 23.4 Å². The summed E-state index contributed by atoms with van der Waals surface area (Å²) in [6, 6.07) is 6.08. The van der Waals surface area contributed by atoms with Crippen LogP contribution in [-0.2, 0) is 5.41 Å². The summed E-state index contributed by atoms with van der Waals surface area (Å²) in [5.74, 6) is 0. The normalized spacial score (nSPS) is 18.7. The minimum Gasteiger partial charge on any atom is -0.395 e. The average Bonchev–Trinajstić information content (AvgIpc) is 2.90. The Kier molecular flexibility index (Phi) is 2.09. The summed E-state index contributed by atoms with van der Waals surface area (Å²) >= 11 is 6.02. The summed E-state index contributed by atoms with van der Waals surface area (Å²) in [6.45, 7) is 2.23. The van der Waals surface area contributed by atoms with E-state index < -0.39 is 0 Å². The fourth-order valence-corrected chi connectivity index (χ4v) is 1.79. The van der Waals surface area contributed by atoms with E-state index in [1.165, 1.54) is 5.56 Å². The molecule has 2 rings (SSSR count). The van der Waals surface area contributed by atoms with Crippen molar-refractivity contribution in [2.75, 3.05) is 6.61 Å². The quantitative estimate of drug-likeness (QED) is 0.771. The fourth-order valence-electron chi connectivity index (χ4n) is 1.61. The Morgan fingerprint density at radius 1 is 1.46 bits per heavy atom. The van der Waals surface area contributed by atoms with Crippen LogP contribution in [0.15, 0.2) is 18.2 Å². The molecule has 0 atom stereocenters. The lowest BCUT2D eigenvalue weighted by molar-refractivity contribution is 0.255.